The second-order valence-electron chi connectivity index (χ2n) is 5.36. The maximum Gasteiger partial charge on any atom is 0.221 e. The van der Waals surface area contributed by atoms with E-state index in [0.717, 1.165) is 6.54 Å². The Kier molecular flexibility index (Phi) is 4.33. The lowest BCUT2D eigenvalue weighted by atomic mass is 9.64. The van der Waals surface area contributed by atoms with E-state index in [1.54, 1.807) is 0 Å². The molecule has 0 heterocycles. The molecule has 3 atom stereocenters. The van der Waals surface area contributed by atoms with Gasteiger partial charge in [-0.05, 0) is 19.9 Å². The van der Waals surface area contributed by atoms with Gasteiger partial charge < -0.3 is 15.7 Å². The third-order valence-electron chi connectivity index (χ3n) is 3.60. The number of amides is 1. The summed E-state index contributed by atoms with van der Waals surface area (Å²) in [6, 6.07) is 0.321. The van der Waals surface area contributed by atoms with Crippen LogP contribution in [0.4, 0.5) is 0 Å². The summed E-state index contributed by atoms with van der Waals surface area (Å²) in [6.45, 7) is 8.88. The van der Waals surface area contributed by atoms with Crippen molar-refractivity contribution < 1.29 is 9.90 Å². The lowest BCUT2D eigenvalue weighted by Crippen LogP contribution is -2.61. The lowest BCUT2D eigenvalue weighted by molar-refractivity contribution is -0.129. The molecule has 1 aliphatic rings. The molecule has 1 rings (SSSR count). The monoisotopic (exact) mass is 228 g/mol. The summed E-state index contributed by atoms with van der Waals surface area (Å²) < 4.78 is 0. The molecule has 4 nitrogen and oxygen atoms in total. The van der Waals surface area contributed by atoms with Crippen LogP contribution in [0.1, 0.15) is 40.5 Å². The van der Waals surface area contributed by atoms with E-state index in [4.69, 9.17) is 0 Å². The zero-order valence-electron chi connectivity index (χ0n) is 10.7. The summed E-state index contributed by atoms with van der Waals surface area (Å²) in [7, 11) is 0. The van der Waals surface area contributed by atoms with E-state index in [9.17, 15) is 9.90 Å². The molecule has 0 aliphatic heterocycles. The van der Waals surface area contributed by atoms with Crippen molar-refractivity contribution in [3.8, 4) is 0 Å². The molecule has 0 bridgehead atoms. The Bertz CT molecular complexity index is 253. The summed E-state index contributed by atoms with van der Waals surface area (Å²) in [6.07, 6.45) is 0.883. The standard InChI is InChI=1S/C12H24N2O2/c1-5-13-8(2)6-11(16)14-9-7-10(15)12(9,3)4/h8-10,13,15H,5-7H2,1-4H3,(H,14,16). The number of hydrogen-bond donors (Lipinski definition) is 3. The van der Waals surface area contributed by atoms with Crippen molar-refractivity contribution in [3.05, 3.63) is 0 Å². The molecule has 0 saturated heterocycles. The smallest absolute Gasteiger partial charge is 0.221 e. The van der Waals surface area contributed by atoms with Gasteiger partial charge in [0.05, 0.1) is 6.10 Å². The number of hydrogen-bond acceptors (Lipinski definition) is 3. The molecule has 1 aliphatic carbocycles. The molecular formula is C12H24N2O2. The van der Waals surface area contributed by atoms with Crippen molar-refractivity contribution >= 4 is 5.91 Å². The Balaban J connectivity index is 2.31. The second-order valence-corrected chi connectivity index (χ2v) is 5.36. The van der Waals surface area contributed by atoms with E-state index in [2.05, 4.69) is 10.6 Å². The molecule has 3 N–H and O–H groups in total. The molecule has 0 aromatic heterocycles. The Hall–Kier alpha value is -0.610. The fourth-order valence-corrected chi connectivity index (χ4v) is 2.10. The number of carbonyl (C=O) groups is 1. The summed E-state index contributed by atoms with van der Waals surface area (Å²) in [5.41, 5.74) is -0.183. The van der Waals surface area contributed by atoms with E-state index < -0.39 is 0 Å². The van der Waals surface area contributed by atoms with Gasteiger partial charge in [0.15, 0.2) is 0 Å². The molecular weight excluding hydrogens is 204 g/mol. The van der Waals surface area contributed by atoms with Crippen LogP contribution in [0, 0.1) is 5.41 Å². The molecule has 1 fully saturated rings. The van der Waals surface area contributed by atoms with E-state index in [0.29, 0.717) is 12.8 Å². The van der Waals surface area contributed by atoms with Crippen molar-refractivity contribution in [3.63, 3.8) is 0 Å². The van der Waals surface area contributed by atoms with Gasteiger partial charge in [-0.2, -0.15) is 0 Å². The van der Waals surface area contributed by atoms with Crippen LogP contribution >= 0.6 is 0 Å². The van der Waals surface area contributed by atoms with Gasteiger partial charge in [0.2, 0.25) is 5.91 Å². The highest BCUT2D eigenvalue weighted by Crippen LogP contribution is 2.40. The third-order valence-corrected chi connectivity index (χ3v) is 3.60. The van der Waals surface area contributed by atoms with E-state index in [-0.39, 0.29) is 29.5 Å². The first-order chi connectivity index (χ1) is 7.37. The molecule has 1 amide bonds. The number of rotatable bonds is 5. The average Bonchev–Trinajstić information content (AvgIpc) is 2.17. The Morgan fingerprint density at radius 2 is 2.19 bits per heavy atom. The summed E-state index contributed by atoms with van der Waals surface area (Å²) in [5.74, 6) is 0.0680. The molecule has 4 heteroatoms. The fourth-order valence-electron chi connectivity index (χ4n) is 2.10. The normalized spacial score (nSPS) is 29.3. The first-order valence-electron chi connectivity index (χ1n) is 6.08. The number of aliphatic hydroxyl groups is 1. The van der Waals surface area contributed by atoms with Gasteiger partial charge in [0.25, 0.3) is 0 Å². The van der Waals surface area contributed by atoms with Crippen molar-refractivity contribution in [1.82, 2.24) is 10.6 Å². The highest BCUT2D eigenvalue weighted by atomic mass is 16.3. The van der Waals surface area contributed by atoms with Crippen LogP contribution < -0.4 is 10.6 Å². The van der Waals surface area contributed by atoms with Crippen LogP contribution in [-0.4, -0.2) is 35.7 Å². The van der Waals surface area contributed by atoms with E-state index in [1.807, 2.05) is 27.7 Å². The summed E-state index contributed by atoms with van der Waals surface area (Å²) in [5, 5.41) is 15.8. The zero-order chi connectivity index (χ0) is 12.3. The maximum atomic E-state index is 11.7. The van der Waals surface area contributed by atoms with Gasteiger partial charge in [0.1, 0.15) is 0 Å². The molecule has 1 saturated carbocycles. The highest BCUT2D eigenvalue weighted by molar-refractivity contribution is 5.77. The molecule has 94 valence electrons. The topological polar surface area (TPSA) is 61.4 Å². The minimum absolute atomic E-state index is 0.0680. The third kappa shape index (κ3) is 2.95. The molecule has 3 unspecified atom stereocenters. The van der Waals surface area contributed by atoms with E-state index >= 15 is 0 Å². The number of carbonyl (C=O) groups excluding carboxylic acids is 1. The molecule has 16 heavy (non-hydrogen) atoms. The number of aliphatic hydroxyl groups excluding tert-OH is 1. The average molecular weight is 228 g/mol. The van der Waals surface area contributed by atoms with Crippen molar-refractivity contribution in [2.75, 3.05) is 6.54 Å². The highest BCUT2D eigenvalue weighted by Gasteiger charge is 2.47. The summed E-state index contributed by atoms with van der Waals surface area (Å²) >= 11 is 0. The van der Waals surface area contributed by atoms with Crippen LogP contribution in [0.15, 0.2) is 0 Å². The molecule has 0 spiro atoms. The van der Waals surface area contributed by atoms with Gasteiger partial charge in [-0.3, -0.25) is 4.79 Å². The van der Waals surface area contributed by atoms with Gasteiger partial charge in [-0.1, -0.05) is 20.8 Å². The van der Waals surface area contributed by atoms with Crippen LogP contribution in [0.5, 0.6) is 0 Å². The molecule has 0 radical (unpaired) electrons. The SMILES string of the molecule is CCNC(C)CC(=O)NC1CC(O)C1(C)C. The van der Waals surface area contributed by atoms with Crippen LogP contribution in [0.25, 0.3) is 0 Å². The molecule has 0 aromatic carbocycles. The van der Waals surface area contributed by atoms with Gasteiger partial charge in [-0.15, -0.1) is 0 Å². The van der Waals surface area contributed by atoms with Crippen molar-refractivity contribution in [2.45, 2.75) is 58.7 Å². The largest absolute Gasteiger partial charge is 0.392 e. The van der Waals surface area contributed by atoms with Gasteiger partial charge >= 0.3 is 0 Å². The summed E-state index contributed by atoms with van der Waals surface area (Å²) in [4.78, 5) is 11.7. The predicted molar refractivity (Wildman–Crippen MR) is 64.1 cm³/mol. The Morgan fingerprint density at radius 3 is 2.62 bits per heavy atom. The second kappa shape index (κ2) is 5.15. The van der Waals surface area contributed by atoms with Gasteiger partial charge in [-0.25, -0.2) is 0 Å². The lowest BCUT2D eigenvalue weighted by Gasteiger charge is -2.49. The zero-order valence-corrected chi connectivity index (χ0v) is 10.7. The first kappa shape index (κ1) is 13.5. The quantitative estimate of drug-likeness (QED) is 0.647. The maximum absolute atomic E-state index is 11.7. The minimum Gasteiger partial charge on any atom is -0.392 e. The minimum atomic E-state index is -0.288. The number of nitrogens with one attached hydrogen (secondary N) is 2. The van der Waals surface area contributed by atoms with Crippen LogP contribution in [-0.2, 0) is 4.79 Å². The van der Waals surface area contributed by atoms with E-state index in [1.165, 1.54) is 0 Å². The fraction of sp³-hybridized carbons (Fsp3) is 0.917. The van der Waals surface area contributed by atoms with Crippen LogP contribution in [0.3, 0.4) is 0 Å². The Labute approximate surface area is 97.8 Å². The van der Waals surface area contributed by atoms with Crippen molar-refractivity contribution in [2.24, 2.45) is 5.41 Å². The first-order valence-corrected chi connectivity index (χ1v) is 6.08. The van der Waals surface area contributed by atoms with Crippen molar-refractivity contribution in [1.29, 1.82) is 0 Å². The van der Waals surface area contributed by atoms with Crippen LogP contribution in [0.2, 0.25) is 0 Å². The Morgan fingerprint density at radius 1 is 1.56 bits per heavy atom. The van der Waals surface area contributed by atoms with Gasteiger partial charge in [0, 0.05) is 23.9 Å². The predicted octanol–water partition coefficient (Wildman–Crippen LogP) is 0.650. The molecule has 0 aromatic rings.